The van der Waals surface area contributed by atoms with Crippen molar-refractivity contribution in [2.24, 2.45) is 0 Å². The van der Waals surface area contributed by atoms with Crippen LogP contribution in [0.3, 0.4) is 0 Å². The average Bonchev–Trinajstić information content (AvgIpc) is 2.60. The zero-order valence-corrected chi connectivity index (χ0v) is 14.1. The number of halogens is 3. The molecular formula is C18H18F3NO2S. The van der Waals surface area contributed by atoms with Crippen molar-refractivity contribution < 1.29 is 23.1 Å². The largest absolute Gasteiger partial charge is 0.423 e. The van der Waals surface area contributed by atoms with Crippen LogP contribution in [-0.4, -0.2) is 29.5 Å². The smallest absolute Gasteiger partial charge is 0.375 e. The molecule has 0 aliphatic carbocycles. The van der Waals surface area contributed by atoms with Crippen molar-refractivity contribution in [1.82, 2.24) is 5.32 Å². The van der Waals surface area contributed by atoms with Crippen LogP contribution in [0.2, 0.25) is 0 Å². The third-order valence-electron chi connectivity index (χ3n) is 3.61. The lowest BCUT2D eigenvalue weighted by Crippen LogP contribution is -2.51. The summed E-state index contributed by atoms with van der Waals surface area (Å²) in [6, 6.07) is 16.2. The van der Waals surface area contributed by atoms with Crippen LogP contribution >= 0.6 is 11.8 Å². The van der Waals surface area contributed by atoms with Crippen molar-refractivity contribution >= 4 is 17.7 Å². The molecule has 0 radical (unpaired) electrons. The molecule has 0 aromatic heterocycles. The maximum atomic E-state index is 13.3. The molecule has 25 heavy (non-hydrogen) atoms. The maximum absolute atomic E-state index is 13.3. The van der Waals surface area contributed by atoms with Crippen molar-refractivity contribution in [3.63, 3.8) is 0 Å². The summed E-state index contributed by atoms with van der Waals surface area (Å²) in [5, 5.41) is 12.3. The number of hydrogen-bond acceptors (Lipinski definition) is 3. The molecule has 2 aromatic rings. The molecule has 7 heteroatoms. The summed E-state index contributed by atoms with van der Waals surface area (Å²) in [5.41, 5.74) is -2.40. The number of aliphatic hydroxyl groups is 1. The second-order valence-electron chi connectivity index (χ2n) is 5.48. The molecule has 0 spiro atoms. The lowest BCUT2D eigenvalue weighted by molar-refractivity contribution is -0.264. The monoisotopic (exact) mass is 369 g/mol. The quantitative estimate of drug-likeness (QED) is 0.786. The molecule has 2 aromatic carbocycles. The standard InChI is InChI=1S/C18H18F3NO2S/c19-18(20,21)17(24,15-9-5-2-6-10-15)13-22-16(23)12-25-11-14-7-3-1-4-8-14/h1-10,24H,11-13H2,(H,22,23)/t17-/m0/s1. The first-order valence-electron chi connectivity index (χ1n) is 7.56. The molecule has 0 saturated carbocycles. The molecule has 0 unspecified atom stereocenters. The fourth-order valence-electron chi connectivity index (χ4n) is 2.19. The van der Waals surface area contributed by atoms with E-state index in [0.717, 1.165) is 5.56 Å². The first kappa shape index (κ1) is 19.3. The Bertz CT molecular complexity index is 680. The normalized spacial score (nSPS) is 13.9. The third kappa shape index (κ3) is 5.24. The van der Waals surface area contributed by atoms with Gasteiger partial charge in [-0.3, -0.25) is 4.79 Å². The van der Waals surface area contributed by atoms with Gasteiger partial charge in [0.1, 0.15) is 0 Å². The summed E-state index contributed by atoms with van der Waals surface area (Å²) in [5.74, 6) is 0.0354. The molecule has 2 N–H and O–H groups in total. The van der Waals surface area contributed by atoms with Crippen LogP contribution in [0.1, 0.15) is 11.1 Å². The predicted octanol–water partition coefficient (Wildman–Crippen LogP) is 3.49. The summed E-state index contributed by atoms with van der Waals surface area (Å²) in [6.45, 7) is -0.925. The zero-order chi connectivity index (χ0) is 18.3. The van der Waals surface area contributed by atoms with E-state index in [4.69, 9.17) is 0 Å². The van der Waals surface area contributed by atoms with Crippen molar-refractivity contribution in [2.45, 2.75) is 17.5 Å². The SMILES string of the molecule is O=C(CSCc1ccccc1)NC[C@](O)(c1ccccc1)C(F)(F)F. The van der Waals surface area contributed by atoms with Crippen LogP contribution in [0.25, 0.3) is 0 Å². The van der Waals surface area contributed by atoms with Gasteiger partial charge in [-0.05, 0) is 11.1 Å². The molecule has 1 atom stereocenters. The van der Waals surface area contributed by atoms with Crippen molar-refractivity contribution in [3.8, 4) is 0 Å². The van der Waals surface area contributed by atoms with Gasteiger partial charge in [-0.2, -0.15) is 13.2 Å². The van der Waals surface area contributed by atoms with Crippen LogP contribution in [0.15, 0.2) is 60.7 Å². The lowest BCUT2D eigenvalue weighted by atomic mass is 9.93. The Morgan fingerprint density at radius 1 is 1.00 bits per heavy atom. The van der Waals surface area contributed by atoms with Gasteiger partial charge in [0.2, 0.25) is 11.5 Å². The van der Waals surface area contributed by atoms with Crippen molar-refractivity contribution in [3.05, 3.63) is 71.8 Å². The first-order valence-corrected chi connectivity index (χ1v) is 8.71. The Labute approximate surface area is 148 Å². The number of rotatable bonds is 7. The van der Waals surface area contributed by atoms with Crippen LogP contribution in [0, 0.1) is 0 Å². The summed E-state index contributed by atoms with van der Waals surface area (Å²) in [6.07, 6.45) is -4.90. The predicted molar refractivity (Wildman–Crippen MR) is 92.0 cm³/mol. The van der Waals surface area contributed by atoms with E-state index < -0.39 is 24.2 Å². The van der Waals surface area contributed by atoms with E-state index in [2.05, 4.69) is 5.32 Å². The number of carbonyl (C=O) groups excluding carboxylic acids is 1. The van der Waals surface area contributed by atoms with E-state index in [0.29, 0.717) is 5.75 Å². The van der Waals surface area contributed by atoms with Crippen LogP contribution in [0.5, 0.6) is 0 Å². The van der Waals surface area contributed by atoms with Gasteiger partial charge in [-0.1, -0.05) is 60.7 Å². The minimum absolute atomic E-state index is 0.0115. The number of carbonyl (C=O) groups is 1. The number of nitrogens with one attached hydrogen (secondary N) is 1. The highest BCUT2D eigenvalue weighted by Gasteiger charge is 2.55. The molecule has 0 bridgehead atoms. The van der Waals surface area contributed by atoms with E-state index in [9.17, 15) is 23.1 Å². The topological polar surface area (TPSA) is 49.3 Å². The van der Waals surface area contributed by atoms with Crippen LogP contribution < -0.4 is 5.32 Å². The van der Waals surface area contributed by atoms with Gasteiger partial charge >= 0.3 is 6.18 Å². The summed E-state index contributed by atoms with van der Waals surface area (Å²) >= 11 is 1.29. The molecule has 1 amide bonds. The number of hydrogen-bond donors (Lipinski definition) is 2. The Hall–Kier alpha value is -1.99. The molecule has 3 nitrogen and oxygen atoms in total. The molecular weight excluding hydrogens is 351 g/mol. The highest BCUT2D eigenvalue weighted by atomic mass is 32.2. The summed E-state index contributed by atoms with van der Waals surface area (Å²) in [4.78, 5) is 11.8. The van der Waals surface area contributed by atoms with Gasteiger partial charge in [0.15, 0.2) is 0 Å². The van der Waals surface area contributed by atoms with Gasteiger partial charge in [0, 0.05) is 5.75 Å². The van der Waals surface area contributed by atoms with E-state index in [1.807, 2.05) is 30.3 Å². The van der Waals surface area contributed by atoms with Crippen molar-refractivity contribution in [2.75, 3.05) is 12.3 Å². The minimum Gasteiger partial charge on any atom is -0.375 e. The third-order valence-corrected chi connectivity index (χ3v) is 4.61. The molecule has 134 valence electrons. The number of benzene rings is 2. The second-order valence-corrected chi connectivity index (χ2v) is 6.46. The molecule has 0 aliphatic heterocycles. The van der Waals surface area contributed by atoms with Gasteiger partial charge in [0.05, 0.1) is 12.3 Å². The van der Waals surface area contributed by atoms with Gasteiger partial charge in [-0.25, -0.2) is 0 Å². The van der Waals surface area contributed by atoms with E-state index in [1.54, 1.807) is 6.07 Å². The summed E-state index contributed by atoms with van der Waals surface area (Å²) < 4.78 is 39.9. The van der Waals surface area contributed by atoms with E-state index in [1.165, 1.54) is 36.0 Å². The van der Waals surface area contributed by atoms with E-state index >= 15 is 0 Å². The molecule has 0 saturated heterocycles. The van der Waals surface area contributed by atoms with Crippen LogP contribution in [0.4, 0.5) is 13.2 Å². The van der Waals surface area contributed by atoms with Crippen LogP contribution in [-0.2, 0) is 16.1 Å². The maximum Gasteiger partial charge on any atom is 0.423 e. The highest BCUT2D eigenvalue weighted by molar-refractivity contribution is 7.99. The lowest BCUT2D eigenvalue weighted by Gasteiger charge is -2.31. The molecule has 0 aliphatic rings. The second kappa shape index (κ2) is 8.40. The molecule has 0 heterocycles. The Morgan fingerprint density at radius 3 is 2.12 bits per heavy atom. The minimum atomic E-state index is -4.90. The average molecular weight is 369 g/mol. The summed E-state index contributed by atoms with van der Waals surface area (Å²) in [7, 11) is 0. The Balaban J connectivity index is 1.91. The fourth-order valence-corrected chi connectivity index (χ4v) is 3.01. The van der Waals surface area contributed by atoms with Gasteiger partial charge in [-0.15, -0.1) is 11.8 Å². The number of alkyl halides is 3. The van der Waals surface area contributed by atoms with E-state index in [-0.39, 0.29) is 11.3 Å². The first-order chi connectivity index (χ1) is 11.8. The van der Waals surface area contributed by atoms with Gasteiger partial charge < -0.3 is 10.4 Å². The Morgan fingerprint density at radius 2 is 1.56 bits per heavy atom. The fraction of sp³-hybridized carbons (Fsp3) is 0.278. The van der Waals surface area contributed by atoms with Crippen molar-refractivity contribution in [1.29, 1.82) is 0 Å². The number of amides is 1. The zero-order valence-electron chi connectivity index (χ0n) is 13.3. The molecule has 0 fully saturated rings. The molecule has 2 rings (SSSR count). The highest BCUT2D eigenvalue weighted by Crippen LogP contribution is 2.38. The number of thioether (sulfide) groups is 1. The van der Waals surface area contributed by atoms with Gasteiger partial charge in [0.25, 0.3) is 0 Å². The Kier molecular flexibility index (Phi) is 6.50.